The van der Waals surface area contributed by atoms with Crippen LogP contribution in [0.5, 0.6) is 11.5 Å². The molecule has 0 spiro atoms. The Labute approximate surface area is 168 Å². The molecule has 0 fully saturated rings. The van der Waals surface area contributed by atoms with Gasteiger partial charge in [-0.25, -0.2) is 0 Å². The SMILES string of the molecule is CCCOc1ccc(/C=N\n2c(=S)[nH]c3ccccc3c2=O)c(OCCC)c1. The Morgan fingerprint density at radius 2 is 1.86 bits per heavy atom. The summed E-state index contributed by atoms with van der Waals surface area (Å²) in [6, 6.07) is 12.8. The van der Waals surface area contributed by atoms with Crippen molar-refractivity contribution in [3.05, 3.63) is 63.2 Å². The summed E-state index contributed by atoms with van der Waals surface area (Å²) in [7, 11) is 0. The monoisotopic (exact) mass is 397 g/mol. The van der Waals surface area contributed by atoms with Crippen molar-refractivity contribution in [1.82, 2.24) is 9.66 Å². The molecule has 1 heterocycles. The van der Waals surface area contributed by atoms with Crippen LogP contribution in [-0.4, -0.2) is 29.1 Å². The van der Waals surface area contributed by atoms with Crippen LogP contribution in [0.3, 0.4) is 0 Å². The lowest BCUT2D eigenvalue weighted by Crippen LogP contribution is -2.18. The molecule has 3 aromatic rings. The summed E-state index contributed by atoms with van der Waals surface area (Å²) in [4.78, 5) is 15.7. The lowest BCUT2D eigenvalue weighted by molar-refractivity contribution is 0.301. The van der Waals surface area contributed by atoms with Crippen LogP contribution < -0.4 is 15.0 Å². The van der Waals surface area contributed by atoms with Crippen molar-refractivity contribution in [2.75, 3.05) is 13.2 Å². The summed E-state index contributed by atoms with van der Waals surface area (Å²) < 4.78 is 12.9. The standard InChI is InChI=1S/C21H23N3O3S/c1-3-11-26-16-10-9-15(19(13-16)27-12-4-2)14-22-24-20(25)17-7-5-6-8-18(17)23-21(24)28/h5-10,13-14H,3-4,11-12H2,1-2H3,(H,23,28)/b22-14-. The van der Waals surface area contributed by atoms with Crippen LogP contribution in [0, 0.1) is 4.77 Å². The molecule has 0 atom stereocenters. The third-order valence-corrected chi connectivity index (χ3v) is 4.29. The Bertz CT molecular complexity index is 1100. The fourth-order valence-electron chi connectivity index (χ4n) is 2.65. The van der Waals surface area contributed by atoms with Crippen molar-refractivity contribution in [2.24, 2.45) is 5.10 Å². The van der Waals surface area contributed by atoms with E-state index in [0.29, 0.717) is 29.9 Å². The fourth-order valence-corrected chi connectivity index (χ4v) is 2.89. The minimum Gasteiger partial charge on any atom is -0.493 e. The number of para-hydroxylation sites is 1. The summed E-state index contributed by atoms with van der Waals surface area (Å²) in [5, 5.41) is 4.84. The first-order valence-corrected chi connectivity index (χ1v) is 9.73. The first-order chi connectivity index (χ1) is 13.6. The van der Waals surface area contributed by atoms with Gasteiger partial charge < -0.3 is 14.5 Å². The zero-order chi connectivity index (χ0) is 19.9. The highest BCUT2D eigenvalue weighted by atomic mass is 32.1. The fraction of sp³-hybridized carbons (Fsp3) is 0.286. The van der Waals surface area contributed by atoms with E-state index in [9.17, 15) is 4.79 Å². The maximum absolute atomic E-state index is 12.7. The van der Waals surface area contributed by atoms with Gasteiger partial charge in [0.2, 0.25) is 4.77 Å². The largest absolute Gasteiger partial charge is 0.493 e. The number of rotatable bonds is 8. The van der Waals surface area contributed by atoms with Gasteiger partial charge in [0.05, 0.1) is 30.3 Å². The van der Waals surface area contributed by atoms with Crippen LogP contribution in [0.25, 0.3) is 10.9 Å². The number of H-pyrrole nitrogens is 1. The van der Waals surface area contributed by atoms with E-state index in [1.165, 1.54) is 4.68 Å². The summed E-state index contributed by atoms with van der Waals surface area (Å²) >= 11 is 5.30. The van der Waals surface area contributed by atoms with Gasteiger partial charge in [-0.05, 0) is 49.3 Å². The minimum absolute atomic E-state index is 0.235. The molecule has 0 amide bonds. The molecule has 1 N–H and O–H groups in total. The van der Waals surface area contributed by atoms with E-state index in [4.69, 9.17) is 21.7 Å². The van der Waals surface area contributed by atoms with Crippen molar-refractivity contribution in [2.45, 2.75) is 26.7 Å². The van der Waals surface area contributed by atoms with Crippen molar-refractivity contribution in [1.29, 1.82) is 0 Å². The van der Waals surface area contributed by atoms with Crippen molar-refractivity contribution >= 4 is 29.3 Å². The highest BCUT2D eigenvalue weighted by molar-refractivity contribution is 7.71. The molecule has 0 aliphatic heterocycles. The number of aromatic nitrogens is 2. The number of nitrogens with one attached hydrogen (secondary N) is 1. The second kappa shape index (κ2) is 9.32. The van der Waals surface area contributed by atoms with Gasteiger partial charge in [-0.1, -0.05) is 26.0 Å². The van der Waals surface area contributed by atoms with Crippen LogP contribution in [0.4, 0.5) is 0 Å². The van der Waals surface area contributed by atoms with E-state index in [0.717, 1.165) is 24.2 Å². The molecule has 0 aliphatic carbocycles. The van der Waals surface area contributed by atoms with Crippen molar-refractivity contribution in [3.8, 4) is 11.5 Å². The highest BCUT2D eigenvalue weighted by Crippen LogP contribution is 2.24. The van der Waals surface area contributed by atoms with Crippen LogP contribution in [-0.2, 0) is 0 Å². The summed E-state index contributed by atoms with van der Waals surface area (Å²) in [6.07, 6.45) is 3.39. The van der Waals surface area contributed by atoms with E-state index in [1.54, 1.807) is 18.3 Å². The lowest BCUT2D eigenvalue weighted by Gasteiger charge is -2.11. The van der Waals surface area contributed by atoms with E-state index >= 15 is 0 Å². The van der Waals surface area contributed by atoms with Gasteiger partial charge in [0.15, 0.2) is 0 Å². The second-order valence-electron chi connectivity index (χ2n) is 6.23. The Balaban J connectivity index is 1.98. The predicted octanol–water partition coefficient (Wildman–Crippen LogP) is 4.52. The number of ether oxygens (including phenoxy) is 2. The van der Waals surface area contributed by atoms with Gasteiger partial charge in [0, 0.05) is 11.6 Å². The third-order valence-electron chi connectivity index (χ3n) is 4.02. The molecule has 2 aromatic carbocycles. The molecule has 1 aromatic heterocycles. The normalized spacial score (nSPS) is 11.2. The first-order valence-electron chi connectivity index (χ1n) is 9.32. The van der Waals surface area contributed by atoms with Gasteiger partial charge >= 0.3 is 0 Å². The van der Waals surface area contributed by atoms with Crippen molar-refractivity contribution < 1.29 is 9.47 Å². The number of fused-ring (bicyclic) bond motifs is 1. The molecule has 0 unspecified atom stereocenters. The first kappa shape index (κ1) is 19.8. The summed E-state index contributed by atoms with van der Waals surface area (Å²) in [5.74, 6) is 1.40. The average Bonchev–Trinajstić information content (AvgIpc) is 2.71. The molecule has 3 rings (SSSR count). The number of benzene rings is 2. The van der Waals surface area contributed by atoms with Crippen molar-refractivity contribution in [3.63, 3.8) is 0 Å². The Morgan fingerprint density at radius 3 is 2.64 bits per heavy atom. The van der Waals surface area contributed by atoms with E-state index in [-0.39, 0.29) is 10.3 Å². The molecule has 0 saturated carbocycles. The van der Waals surface area contributed by atoms with Gasteiger partial charge in [0.25, 0.3) is 5.56 Å². The molecule has 6 nitrogen and oxygen atoms in total. The van der Waals surface area contributed by atoms with Crippen LogP contribution in [0.15, 0.2) is 52.4 Å². The topological polar surface area (TPSA) is 68.6 Å². The van der Waals surface area contributed by atoms with Crippen LogP contribution in [0.1, 0.15) is 32.3 Å². The average molecular weight is 398 g/mol. The van der Waals surface area contributed by atoms with Crippen LogP contribution in [0.2, 0.25) is 0 Å². The maximum Gasteiger partial charge on any atom is 0.282 e. The molecule has 28 heavy (non-hydrogen) atoms. The smallest absolute Gasteiger partial charge is 0.282 e. The highest BCUT2D eigenvalue weighted by Gasteiger charge is 2.07. The Hall–Kier alpha value is -2.93. The molecule has 0 bridgehead atoms. The zero-order valence-corrected chi connectivity index (χ0v) is 16.8. The quantitative estimate of drug-likeness (QED) is 0.448. The van der Waals surface area contributed by atoms with E-state index in [2.05, 4.69) is 17.0 Å². The second-order valence-corrected chi connectivity index (χ2v) is 6.62. The zero-order valence-electron chi connectivity index (χ0n) is 16.0. The molecule has 7 heteroatoms. The number of hydrogen-bond donors (Lipinski definition) is 1. The molecule has 146 valence electrons. The summed E-state index contributed by atoms with van der Waals surface area (Å²) in [6.45, 7) is 5.32. The van der Waals surface area contributed by atoms with Gasteiger partial charge in [-0.15, -0.1) is 0 Å². The molecule has 0 aliphatic rings. The van der Waals surface area contributed by atoms with Gasteiger partial charge in [0.1, 0.15) is 11.5 Å². The maximum atomic E-state index is 12.7. The van der Waals surface area contributed by atoms with E-state index in [1.807, 2.05) is 37.3 Å². The number of aromatic amines is 1. The third kappa shape index (κ3) is 4.48. The van der Waals surface area contributed by atoms with Crippen LogP contribution >= 0.6 is 12.2 Å². The molecule has 0 radical (unpaired) electrons. The van der Waals surface area contributed by atoms with E-state index < -0.39 is 0 Å². The van der Waals surface area contributed by atoms with Gasteiger partial charge in [-0.3, -0.25) is 4.79 Å². The lowest BCUT2D eigenvalue weighted by atomic mass is 10.2. The van der Waals surface area contributed by atoms with Gasteiger partial charge in [-0.2, -0.15) is 9.78 Å². The minimum atomic E-state index is -0.269. The number of hydrogen-bond acceptors (Lipinski definition) is 5. The molecular formula is C21H23N3O3S. The number of nitrogens with zero attached hydrogens (tertiary/aromatic N) is 2. The predicted molar refractivity (Wildman–Crippen MR) is 114 cm³/mol. The Kier molecular flexibility index (Phi) is 6.60. The molecule has 0 saturated heterocycles. The Morgan fingerprint density at radius 1 is 1.11 bits per heavy atom. The molecular weight excluding hydrogens is 374 g/mol. The summed E-state index contributed by atoms with van der Waals surface area (Å²) in [5.41, 5.74) is 1.16.